The third-order valence-electron chi connectivity index (χ3n) is 4.03. The molecule has 21 heavy (non-hydrogen) atoms. The summed E-state index contributed by atoms with van der Waals surface area (Å²) in [5.41, 5.74) is 2.37. The fourth-order valence-electron chi connectivity index (χ4n) is 2.57. The van der Waals surface area contributed by atoms with E-state index in [1.54, 1.807) is 0 Å². The molecule has 0 spiro atoms. The number of amides is 1. The van der Waals surface area contributed by atoms with E-state index in [2.05, 4.69) is 36.6 Å². The molecule has 4 nitrogen and oxygen atoms in total. The van der Waals surface area contributed by atoms with Gasteiger partial charge in [0.15, 0.2) is 0 Å². The lowest BCUT2D eigenvalue weighted by Gasteiger charge is -2.28. The number of rotatable bonds is 6. The first kappa shape index (κ1) is 15.8. The molecule has 2 N–H and O–H groups in total. The van der Waals surface area contributed by atoms with E-state index < -0.39 is 0 Å². The number of anilines is 1. The highest BCUT2D eigenvalue weighted by atomic mass is 16.5. The molecule has 0 fully saturated rings. The van der Waals surface area contributed by atoms with Gasteiger partial charge in [0.1, 0.15) is 0 Å². The third-order valence-corrected chi connectivity index (χ3v) is 4.03. The zero-order chi connectivity index (χ0) is 15.2. The van der Waals surface area contributed by atoms with Gasteiger partial charge in [0.05, 0.1) is 18.6 Å². The summed E-state index contributed by atoms with van der Waals surface area (Å²) in [6, 6.07) is 8.27. The minimum Gasteiger partial charge on any atom is -0.384 e. The molecule has 0 aliphatic carbocycles. The van der Waals surface area contributed by atoms with E-state index >= 15 is 0 Å². The summed E-state index contributed by atoms with van der Waals surface area (Å²) in [6.07, 6.45) is 0.800. The lowest BCUT2D eigenvalue weighted by molar-refractivity contribution is -0.126. The number of hydrogen-bond acceptors (Lipinski definition) is 3. The van der Waals surface area contributed by atoms with Gasteiger partial charge in [-0.2, -0.15) is 0 Å². The fraction of sp³-hybridized carbons (Fsp3) is 0.588. The zero-order valence-corrected chi connectivity index (χ0v) is 13.2. The highest BCUT2D eigenvalue weighted by molar-refractivity contribution is 5.81. The van der Waals surface area contributed by atoms with Crippen molar-refractivity contribution in [3.05, 3.63) is 29.8 Å². The van der Waals surface area contributed by atoms with Crippen LogP contribution in [-0.4, -0.2) is 31.7 Å². The van der Waals surface area contributed by atoms with Gasteiger partial charge in [-0.1, -0.05) is 32.0 Å². The highest BCUT2D eigenvalue weighted by Gasteiger charge is 2.26. The van der Waals surface area contributed by atoms with Crippen LogP contribution in [0.1, 0.15) is 26.3 Å². The second kappa shape index (κ2) is 7.46. The van der Waals surface area contributed by atoms with Gasteiger partial charge in [0, 0.05) is 18.8 Å². The lowest BCUT2D eigenvalue weighted by Crippen LogP contribution is -2.47. The summed E-state index contributed by atoms with van der Waals surface area (Å²) < 4.78 is 5.47. The lowest BCUT2D eigenvalue weighted by atomic mass is 9.92. The third kappa shape index (κ3) is 4.21. The van der Waals surface area contributed by atoms with Crippen LogP contribution in [0.3, 0.4) is 0 Å². The Labute approximate surface area is 127 Å². The summed E-state index contributed by atoms with van der Waals surface area (Å²) in [4.78, 5) is 12.5. The quantitative estimate of drug-likeness (QED) is 0.846. The van der Waals surface area contributed by atoms with E-state index in [1.807, 2.05) is 19.1 Å². The number of para-hydroxylation sites is 1. The first-order valence-corrected chi connectivity index (χ1v) is 7.81. The number of carbonyl (C=O) groups excluding carboxylic acids is 1. The Kier molecular flexibility index (Phi) is 5.62. The fourth-order valence-corrected chi connectivity index (χ4v) is 2.57. The predicted octanol–water partition coefficient (Wildman–Crippen LogP) is 2.45. The number of carbonyl (C=O) groups is 1. The molecule has 1 aromatic rings. The molecule has 1 aliphatic heterocycles. The maximum atomic E-state index is 12.5. The van der Waals surface area contributed by atoms with Crippen LogP contribution in [0.25, 0.3) is 0 Å². The van der Waals surface area contributed by atoms with Crippen LogP contribution in [0.2, 0.25) is 0 Å². The molecule has 1 aliphatic rings. The molecule has 2 unspecified atom stereocenters. The Morgan fingerprint density at radius 3 is 2.90 bits per heavy atom. The van der Waals surface area contributed by atoms with Crippen LogP contribution in [-0.2, 0) is 16.0 Å². The summed E-state index contributed by atoms with van der Waals surface area (Å²) in [5.74, 6) is 0.475. The number of ether oxygens (including phenoxy) is 1. The molecule has 1 heterocycles. The van der Waals surface area contributed by atoms with Crippen molar-refractivity contribution in [1.29, 1.82) is 0 Å². The Morgan fingerprint density at radius 1 is 1.43 bits per heavy atom. The van der Waals surface area contributed by atoms with E-state index in [9.17, 15) is 4.79 Å². The number of hydrogen-bond donors (Lipinski definition) is 2. The molecular formula is C17H26N2O2. The maximum absolute atomic E-state index is 12.5. The largest absolute Gasteiger partial charge is 0.384 e. The van der Waals surface area contributed by atoms with Crippen LogP contribution in [0, 0.1) is 11.8 Å². The molecule has 116 valence electrons. The maximum Gasteiger partial charge on any atom is 0.225 e. The van der Waals surface area contributed by atoms with Gasteiger partial charge >= 0.3 is 0 Å². The van der Waals surface area contributed by atoms with Crippen molar-refractivity contribution in [3.63, 3.8) is 0 Å². The standard InChI is InChI=1S/C17H26N2O2/c1-4-21-11-16(12(2)3)19-17(20)14-9-13-7-5-6-8-15(13)18-10-14/h5-8,12,14,16,18H,4,9-11H2,1-3H3,(H,19,20). The van der Waals surface area contributed by atoms with Crippen LogP contribution < -0.4 is 10.6 Å². The van der Waals surface area contributed by atoms with Gasteiger partial charge in [0.25, 0.3) is 0 Å². The molecule has 0 aromatic heterocycles. The Bertz CT molecular complexity index is 474. The van der Waals surface area contributed by atoms with E-state index in [4.69, 9.17) is 4.74 Å². The van der Waals surface area contributed by atoms with Crippen molar-refractivity contribution in [3.8, 4) is 0 Å². The van der Waals surface area contributed by atoms with E-state index in [0.717, 1.165) is 12.1 Å². The Hall–Kier alpha value is -1.55. The van der Waals surface area contributed by atoms with Crippen molar-refractivity contribution in [1.82, 2.24) is 5.32 Å². The molecule has 4 heteroatoms. The minimum absolute atomic E-state index is 0.0113. The molecule has 1 amide bonds. The number of fused-ring (bicyclic) bond motifs is 1. The Balaban J connectivity index is 1.94. The van der Waals surface area contributed by atoms with Crippen molar-refractivity contribution in [2.45, 2.75) is 33.2 Å². The van der Waals surface area contributed by atoms with Crippen molar-refractivity contribution in [2.75, 3.05) is 25.1 Å². The number of benzene rings is 1. The molecule has 0 saturated heterocycles. The van der Waals surface area contributed by atoms with Gasteiger partial charge in [0.2, 0.25) is 5.91 Å². The van der Waals surface area contributed by atoms with Gasteiger partial charge < -0.3 is 15.4 Å². The molecule has 2 atom stereocenters. The smallest absolute Gasteiger partial charge is 0.225 e. The second-order valence-electron chi connectivity index (χ2n) is 5.96. The van der Waals surface area contributed by atoms with Crippen LogP contribution >= 0.6 is 0 Å². The molecule has 0 bridgehead atoms. The first-order chi connectivity index (χ1) is 10.1. The SMILES string of the molecule is CCOCC(NC(=O)C1CNc2ccccc2C1)C(C)C. The molecule has 0 radical (unpaired) electrons. The van der Waals surface area contributed by atoms with E-state index in [-0.39, 0.29) is 17.9 Å². The highest BCUT2D eigenvalue weighted by Crippen LogP contribution is 2.24. The van der Waals surface area contributed by atoms with Gasteiger partial charge in [-0.05, 0) is 30.9 Å². The first-order valence-electron chi connectivity index (χ1n) is 7.81. The van der Waals surface area contributed by atoms with E-state index in [0.29, 0.717) is 25.7 Å². The molecule has 2 rings (SSSR count). The minimum atomic E-state index is -0.0113. The Morgan fingerprint density at radius 2 is 2.19 bits per heavy atom. The van der Waals surface area contributed by atoms with Crippen LogP contribution in [0.4, 0.5) is 5.69 Å². The van der Waals surface area contributed by atoms with E-state index in [1.165, 1.54) is 5.56 Å². The summed E-state index contributed by atoms with van der Waals surface area (Å²) in [5, 5.41) is 6.50. The monoisotopic (exact) mass is 290 g/mol. The van der Waals surface area contributed by atoms with Crippen molar-refractivity contribution in [2.24, 2.45) is 11.8 Å². The second-order valence-corrected chi connectivity index (χ2v) is 5.96. The molecular weight excluding hydrogens is 264 g/mol. The summed E-state index contributed by atoms with van der Waals surface area (Å²) in [6.45, 7) is 8.15. The van der Waals surface area contributed by atoms with Gasteiger partial charge in [-0.15, -0.1) is 0 Å². The average Bonchev–Trinajstić information content (AvgIpc) is 2.50. The van der Waals surface area contributed by atoms with Crippen molar-refractivity contribution < 1.29 is 9.53 Å². The average molecular weight is 290 g/mol. The predicted molar refractivity (Wildman–Crippen MR) is 85.4 cm³/mol. The normalized spacial score (nSPS) is 18.8. The molecule has 0 saturated carbocycles. The van der Waals surface area contributed by atoms with Gasteiger partial charge in [-0.3, -0.25) is 4.79 Å². The van der Waals surface area contributed by atoms with Crippen LogP contribution in [0.15, 0.2) is 24.3 Å². The topological polar surface area (TPSA) is 50.4 Å². The summed E-state index contributed by atoms with van der Waals surface area (Å²) in [7, 11) is 0. The van der Waals surface area contributed by atoms with Crippen molar-refractivity contribution >= 4 is 11.6 Å². The zero-order valence-electron chi connectivity index (χ0n) is 13.2. The van der Waals surface area contributed by atoms with Crippen LogP contribution in [0.5, 0.6) is 0 Å². The van der Waals surface area contributed by atoms with Gasteiger partial charge in [-0.25, -0.2) is 0 Å². The number of nitrogens with one attached hydrogen (secondary N) is 2. The summed E-state index contributed by atoms with van der Waals surface area (Å²) >= 11 is 0. The molecule has 1 aromatic carbocycles.